The summed E-state index contributed by atoms with van der Waals surface area (Å²) in [6, 6.07) is 14.2. The van der Waals surface area contributed by atoms with E-state index < -0.39 is 6.03 Å². The summed E-state index contributed by atoms with van der Waals surface area (Å²) < 4.78 is 5.80. The summed E-state index contributed by atoms with van der Waals surface area (Å²) in [7, 11) is 0. The second kappa shape index (κ2) is 7.20. The summed E-state index contributed by atoms with van der Waals surface area (Å²) >= 11 is 0. The predicted molar refractivity (Wildman–Crippen MR) is 98.5 cm³/mol. The van der Waals surface area contributed by atoms with E-state index in [1.54, 1.807) is 24.3 Å². The molecule has 4 rings (SSSR count). The van der Waals surface area contributed by atoms with Gasteiger partial charge < -0.3 is 10.1 Å². The van der Waals surface area contributed by atoms with Crippen molar-refractivity contribution in [1.82, 2.24) is 10.6 Å². The lowest BCUT2D eigenvalue weighted by molar-refractivity contribution is -0.117. The van der Waals surface area contributed by atoms with Crippen LogP contribution in [-0.2, 0) is 16.0 Å². The van der Waals surface area contributed by atoms with Crippen LogP contribution in [0.5, 0.6) is 0 Å². The van der Waals surface area contributed by atoms with Crippen LogP contribution in [0.3, 0.4) is 0 Å². The maximum absolute atomic E-state index is 12.4. The van der Waals surface area contributed by atoms with Gasteiger partial charge in [-0.15, -0.1) is 0 Å². The molecule has 0 saturated carbocycles. The highest BCUT2D eigenvalue weighted by Gasteiger charge is 2.28. The Morgan fingerprint density at radius 3 is 2.67 bits per heavy atom. The summed E-state index contributed by atoms with van der Waals surface area (Å²) in [6.07, 6.45) is 0.728. The first-order valence-electron chi connectivity index (χ1n) is 8.81. The molecule has 1 atom stereocenters. The van der Waals surface area contributed by atoms with Crippen LogP contribution in [0.2, 0.25) is 0 Å². The van der Waals surface area contributed by atoms with Crippen molar-refractivity contribution >= 4 is 23.5 Å². The van der Waals surface area contributed by atoms with Gasteiger partial charge in [0.15, 0.2) is 0 Å². The molecule has 1 unspecified atom stereocenters. The second-order valence-electron chi connectivity index (χ2n) is 6.50. The molecule has 2 aliphatic heterocycles. The van der Waals surface area contributed by atoms with Crippen LogP contribution in [0.1, 0.15) is 27.6 Å². The molecular formula is C20H19N3O4. The van der Waals surface area contributed by atoms with Crippen molar-refractivity contribution in [3.63, 3.8) is 0 Å². The molecule has 1 fully saturated rings. The van der Waals surface area contributed by atoms with Crippen molar-refractivity contribution in [2.24, 2.45) is 0 Å². The molecule has 1 saturated heterocycles. The van der Waals surface area contributed by atoms with E-state index in [1.807, 2.05) is 18.2 Å². The number of hydrogen-bond donors (Lipinski definition) is 2. The number of urea groups is 1. The van der Waals surface area contributed by atoms with Gasteiger partial charge in [-0.2, -0.15) is 0 Å². The number of fused-ring (bicyclic) bond motifs is 1. The number of rotatable bonds is 4. The van der Waals surface area contributed by atoms with E-state index >= 15 is 0 Å². The van der Waals surface area contributed by atoms with Crippen LogP contribution in [-0.4, -0.2) is 37.5 Å². The van der Waals surface area contributed by atoms with Crippen molar-refractivity contribution < 1.29 is 19.1 Å². The summed E-state index contributed by atoms with van der Waals surface area (Å²) in [5, 5.41) is 5.13. The van der Waals surface area contributed by atoms with Gasteiger partial charge in [0, 0.05) is 17.8 Å². The monoisotopic (exact) mass is 365 g/mol. The van der Waals surface area contributed by atoms with E-state index in [1.165, 1.54) is 10.5 Å². The smallest absolute Gasteiger partial charge is 0.329 e. The number of imide groups is 1. The number of anilines is 1. The van der Waals surface area contributed by atoms with E-state index in [-0.39, 0.29) is 24.5 Å². The van der Waals surface area contributed by atoms with Crippen LogP contribution in [0.15, 0.2) is 48.5 Å². The summed E-state index contributed by atoms with van der Waals surface area (Å²) in [5.41, 5.74) is 3.42. The molecule has 2 N–H and O–H groups in total. The minimum Gasteiger partial charge on any atom is -0.371 e. The lowest BCUT2D eigenvalue weighted by Crippen LogP contribution is -2.32. The molecular weight excluding hydrogens is 346 g/mol. The minimum atomic E-state index is -0.453. The van der Waals surface area contributed by atoms with Gasteiger partial charge in [-0.1, -0.05) is 24.3 Å². The molecule has 0 aliphatic carbocycles. The standard InChI is InChI=1S/C20H19N3O4/c24-18-12-23(20(26)22-18)15-7-5-14(6-8-15)19(25)21-11-17-16-4-2-1-3-13(16)9-10-27-17/h1-8,17H,9-12H2,(H,21,25)(H,22,24,26). The maximum atomic E-state index is 12.4. The van der Waals surface area contributed by atoms with Crippen molar-refractivity contribution in [3.8, 4) is 0 Å². The van der Waals surface area contributed by atoms with E-state index in [0.29, 0.717) is 24.4 Å². The van der Waals surface area contributed by atoms with Crippen LogP contribution in [0.4, 0.5) is 10.5 Å². The van der Waals surface area contributed by atoms with Gasteiger partial charge in [-0.3, -0.25) is 19.8 Å². The van der Waals surface area contributed by atoms with E-state index in [2.05, 4.69) is 16.7 Å². The zero-order valence-electron chi connectivity index (χ0n) is 14.6. The second-order valence-corrected chi connectivity index (χ2v) is 6.50. The zero-order chi connectivity index (χ0) is 18.8. The van der Waals surface area contributed by atoms with Crippen LogP contribution in [0, 0.1) is 0 Å². The molecule has 138 valence electrons. The van der Waals surface area contributed by atoms with Gasteiger partial charge in [0.05, 0.1) is 6.61 Å². The van der Waals surface area contributed by atoms with E-state index in [9.17, 15) is 14.4 Å². The Morgan fingerprint density at radius 2 is 1.93 bits per heavy atom. The highest BCUT2D eigenvalue weighted by atomic mass is 16.5. The normalized spacial score (nSPS) is 18.8. The van der Waals surface area contributed by atoms with Crippen molar-refractivity contribution in [3.05, 3.63) is 65.2 Å². The highest BCUT2D eigenvalue weighted by molar-refractivity contribution is 6.12. The largest absolute Gasteiger partial charge is 0.371 e. The van der Waals surface area contributed by atoms with Crippen LogP contribution in [0.25, 0.3) is 0 Å². The summed E-state index contributed by atoms with van der Waals surface area (Å²) in [5.74, 6) is -0.551. The Bertz CT molecular complexity index is 894. The van der Waals surface area contributed by atoms with Gasteiger partial charge in [-0.25, -0.2) is 4.79 Å². The number of nitrogens with one attached hydrogen (secondary N) is 2. The summed E-state index contributed by atoms with van der Waals surface area (Å²) in [4.78, 5) is 36.7. The minimum absolute atomic E-state index is 0.0111. The maximum Gasteiger partial charge on any atom is 0.329 e. The molecule has 2 aliphatic rings. The number of nitrogens with zero attached hydrogens (tertiary/aromatic N) is 1. The molecule has 7 heteroatoms. The lowest BCUT2D eigenvalue weighted by Gasteiger charge is -2.26. The average Bonchev–Trinajstić information content (AvgIpc) is 3.04. The van der Waals surface area contributed by atoms with Crippen LogP contribution >= 0.6 is 0 Å². The Labute approximate surface area is 156 Å². The first-order valence-corrected chi connectivity index (χ1v) is 8.81. The van der Waals surface area contributed by atoms with Gasteiger partial charge in [0.2, 0.25) is 5.91 Å². The van der Waals surface area contributed by atoms with Gasteiger partial charge in [-0.05, 0) is 41.8 Å². The Kier molecular flexibility index (Phi) is 4.60. The molecule has 4 amide bonds. The van der Waals surface area contributed by atoms with Gasteiger partial charge in [0.1, 0.15) is 12.6 Å². The van der Waals surface area contributed by atoms with E-state index in [4.69, 9.17) is 4.74 Å². The van der Waals surface area contributed by atoms with Gasteiger partial charge in [0.25, 0.3) is 5.91 Å². The quantitative estimate of drug-likeness (QED) is 0.809. The molecule has 0 radical (unpaired) electrons. The number of benzene rings is 2. The van der Waals surface area contributed by atoms with Crippen molar-refractivity contribution in [1.29, 1.82) is 0 Å². The lowest BCUT2D eigenvalue weighted by atomic mass is 9.97. The molecule has 0 bridgehead atoms. The van der Waals surface area contributed by atoms with Gasteiger partial charge >= 0.3 is 6.03 Å². The molecule has 2 aromatic rings. The molecule has 7 nitrogen and oxygen atoms in total. The number of hydrogen-bond acceptors (Lipinski definition) is 4. The van der Waals surface area contributed by atoms with Crippen molar-refractivity contribution in [2.75, 3.05) is 24.6 Å². The predicted octanol–water partition coefficient (Wildman–Crippen LogP) is 1.79. The molecule has 2 aromatic carbocycles. The highest BCUT2D eigenvalue weighted by Crippen LogP contribution is 2.26. The number of carbonyl (C=O) groups excluding carboxylic acids is 3. The third-order valence-electron chi connectivity index (χ3n) is 4.77. The zero-order valence-corrected chi connectivity index (χ0v) is 14.6. The first kappa shape index (κ1) is 17.2. The van der Waals surface area contributed by atoms with E-state index in [0.717, 1.165) is 12.0 Å². The molecule has 0 spiro atoms. The average molecular weight is 365 g/mol. The number of amides is 4. The first-order chi connectivity index (χ1) is 13.1. The number of ether oxygens (including phenoxy) is 1. The fourth-order valence-corrected chi connectivity index (χ4v) is 3.38. The molecule has 2 heterocycles. The Morgan fingerprint density at radius 1 is 1.15 bits per heavy atom. The third-order valence-corrected chi connectivity index (χ3v) is 4.77. The summed E-state index contributed by atoms with van der Waals surface area (Å²) in [6.45, 7) is 1.02. The third kappa shape index (κ3) is 3.54. The van der Waals surface area contributed by atoms with Crippen molar-refractivity contribution in [2.45, 2.75) is 12.5 Å². The fraction of sp³-hybridized carbons (Fsp3) is 0.250. The SMILES string of the molecule is O=C1CN(c2ccc(C(=O)NCC3OCCc4ccccc43)cc2)C(=O)N1. The molecule has 27 heavy (non-hydrogen) atoms. The Balaban J connectivity index is 1.39. The Hall–Kier alpha value is -3.19. The number of carbonyl (C=O) groups is 3. The molecule has 0 aromatic heterocycles. The topological polar surface area (TPSA) is 87.7 Å². The van der Waals surface area contributed by atoms with Crippen LogP contribution < -0.4 is 15.5 Å². The fourth-order valence-electron chi connectivity index (χ4n) is 3.38.